The van der Waals surface area contributed by atoms with Gasteiger partial charge < -0.3 is 34.4 Å². The van der Waals surface area contributed by atoms with Crippen molar-refractivity contribution in [1.29, 1.82) is 0 Å². The Balaban J connectivity index is 0.0000000993. The van der Waals surface area contributed by atoms with Crippen LogP contribution in [0, 0.1) is 40.5 Å². The van der Waals surface area contributed by atoms with Gasteiger partial charge in [0.05, 0.1) is 37.1 Å². The highest BCUT2D eigenvalue weighted by molar-refractivity contribution is 5.69. The van der Waals surface area contributed by atoms with Gasteiger partial charge in [0.15, 0.2) is 0 Å². The summed E-state index contributed by atoms with van der Waals surface area (Å²) < 4.78 is 0. The molecule has 18 nitrogen and oxygen atoms in total. The molecule has 0 amide bonds. The Hall–Kier alpha value is -8.28. The highest BCUT2D eigenvalue weighted by Crippen LogP contribution is 2.58. The van der Waals surface area contributed by atoms with Crippen molar-refractivity contribution in [2.24, 2.45) is 0 Å². The van der Waals surface area contributed by atoms with E-state index in [1.165, 1.54) is 173 Å². The predicted octanol–water partition coefficient (Wildman–Crippen LogP) is 17.8. The normalized spacial score (nSPS) is 27.6. The second kappa shape index (κ2) is 24.8. The van der Waals surface area contributed by atoms with Crippen LogP contribution in [-0.4, -0.2) is 19.7 Å². The molecular formula is C72H86N10O8. The lowest BCUT2D eigenvalue weighted by molar-refractivity contribution is -0.394. The molecule has 472 valence electrons. The largest absolute Gasteiger partial charge is 0.399 e. The Bertz CT molecular complexity index is 3800. The number of rotatable bonds is 4. The van der Waals surface area contributed by atoms with Crippen LogP contribution >= 0.6 is 0 Å². The van der Waals surface area contributed by atoms with E-state index in [0.29, 0.717) is 29.4 Å². The summed E-state index contributed by atoms with van der Waals surface area (Å²) in [6.07, 6.45) is 29.9. The number of nitrogens with two attached hydrogens (primary N) is 6. The van der Waals surface area contributed by atoms with Gasteiger partial charge in [0.2, 0.25) is 0 Å². The van der Waals surface area contributed by atoms with Crippen molar-refractivity contribution in [1.82, 2.24) is 0 Å². The molecule has 6 aromatic carbocycles. The maximum Gasteiger partial charge on any atom is 0.292 e. The van der Waals surface area contributed by atoms with Crippen molar-refractivity contribution < 1.29 is 19.7 Å². The number of nitro groups is 4. The summed E-state index contributed by atoms with van der Waals surface area (Å²) in [6, 6.07) is 26.4. The summed E-state index contributed by atoms with van der Waals surface area (Å²) in [5.41, 5.74) is 55.4. The number of fused-ring (bicyclic) bond motifs is 30. The van der Waals surface area contributed by atoms with Gasteiger partial charge in [0, 0.05) is 46.9 Å². The molecule has 90 heavy (non-hydrogen) atoms. The number of hydrogen-bond donors (Lipinski definition) is 6. The highest BCUT2D eigenvalue weighted by Gasteiger charge is 2.43. The van der Waals surface area contributed by atoms with Crippen LogP contribution in [0.15, 0.2) is 84.9 Å². The van der Waals surface area contributed by atoms with Crippen LogP contribution in [0.3, 0.4) is 0 Å². The number of nitrogen functional groups attached to an aromatic ring is 6. The smallest absolute Gasteiger partial charge is 0.292 e. The Morgan fingerprint density at radius 1 is 0.267 bits per heavy atom. The molecule has 6 fully saturated rings. The van der Waals surface area contributed by atoms with Crippen LogP contribution in [0.2, 0.25) is 0 Å². The molecule has 0 saturated heterocycles. The third-order valence-electron chi connectivity index (χ3n) is 23.2. The first kappa shape index (κ1) is 60.6. The van der Waals surface area contributed by atoms with Gasteiger partial charge in [-0.3, -0.25) is 40.5 Å². The van der Waals surface area contributed by atoms with Crippen LogP contribution in [-0.2, 0) is 0 Å². The molecular weight excluding hydrogens is 1130 g/mol. The molecule has 0 radical (unpaired) electrons. The standard InChI is InChI=1S/C12H12N2O4.C12H14N2O2.2C12H16N2.C12H13NO2.C12H15N/c15-13(16)9-5-10-7-2-1-3-8(4-7)12(10)11(6-9)14(17)18;13-11-5-9-7-2-1-3-8(4-7)10(9)6-12(11)14(15)16;13-11-5-9-7-2-1-3-8(4-7)10(9)6-12(11)14;13-9-5-10-7-2-1-3-8(4-7)12(10)11(14)6-9;14-13(15)10-4-5-11-8-2-1-3-9(6-8)12(11)7-10;13-10-4-5-11-8-2-1-3-9(6-8)12(11)7-10/h5-8H,1-4H2;5-8H,1-4,13H2;2*5-8H,1-4,13-14H2;4-5,7-9H,1-3,6H2;4-5,7-9H,1-3,6,13H2. The minimum absolute atomic E-state index is 0.0615. The lowest BCUT2D eigenvalue weighted by Gasteiger charge is -2.18. The van der Waals surface area contributed by atoms with Crippen molar-refractivity contribution in [2.75, 3.05) is 34.4 Å². The number of benzene rings is 6. The van der Waals surface area contributed by atoms with Crippen molar-refractivity contribution in [2.45, 2.75) is 225 Å². The van der Waals surface area contributed by atoms with E-state index in [4.69, 9.17) is 34.4 Å². The van der Waals surface area contributed by atoms with Crippen LogP contribution in [0.4, 0.5) is 56.9 Å². The quantitative estimate of drug-likeness (QED) is 0.0543. The van der Waals surface area contributed by atoms with Gasteiger partial charge in [-0.15, -0.1) is 0 Å². The van der Waals surface area contributed by atoms with E-state index in [9.17, 15) is 40.5 Å². The molecule has 18 heteroatoms. The average Bonchev–Trinajstić information content (AvgIpc) is 1.74. The molecule has 0 aromatic heterocycles. The maximum absolute atomic E-state index is 11.1. The summed E-state index contributed by atoms with van der Waals surface area (Å²) >= 11 is 0. The van der Waals surface area contributed by atoms with Gasteiger partial charge >= 0.3 is 0 Å². The van der Waals surface area contributed by atoms with E-state index >= 15 is 0 Å². The molecule has 12 atom stereocenters. The fraction of sp³-hybridized carbons (Fsp3) is 0.500. The first-order chi connectivity index (χ1) is 43.3. The van der Waals surface area contributed by atoms with Gasteiger partial charge in [0.25, 0.3) is 22.7 Å². The van der Waals surface area contributed by atoms with Gasteiger partial charge in [-0.1, -0.05) is 50.7 Å². The van der Waals surface area contributed by atoms with Crippen molar-refractivity contribution in [3.63, 3.8) is 0 Å². The van der Waals surface area contributed by atoms with Gasteiger partial charge in [-0.2, -0.15) is 0 Å². The zero-order valence-corrected chi connectivity index (χ0v) is 51.5. The Morgan fingerprint density at radius 3 is 1.06 bits per heavy atom. The van der Waals surface area contributed by atoms with Crippen LogP contribution < -0.4 is 34.4 Å². The second-order valence-electron chi connectivity index (χ2n) is 28.3. The van der Waals surface area contributed by atoms with Crippen molar-refractivity contribution in [3.05, 3.63) is 192 Å². The third kappa shape index (κ3) is 11.7. The Kier molecular flexibility index (Phi) is 16.7. The second-order valence-corrected chi connectivity index (χ2v) is 28.3. The molecule has 12 aliphatic rings. The fourth-order valence-corrected chi connectivity index (χ4v) is 19.3. The molecule has 0 aliphatic heterocycles. The Labute approximate surface area is 525 Å². The van der Waals surface area contributed by atoms with E-state index in [1.807, 2.05) is 18.2 Å². The number of anilines is 6. The van der Waals surface area contributed by atoms with Crippen molar-refractivity contribution >= 4 is 56.9 Å². The molecule has 6 aromatic rings. The molecule has 12 bridgehead atoms. The lowest BCUT2D eigenvalue weighted by Crippen LogP contribution is -2.02. The van der Waals surface area contributed by atoms with E-state index in [-0.39, 0.29) is 44.4 Å². The minimum Gasteiger partial charge on any atom is -0.399 e. The predicted molar refractivity (Wildman–Crippen MR) is 355 cm³/mol. The molecule has 18 rings (SSSR count). The topological polar surface area (TPSA) is 329 Å². The van der Waals surface area contributed by atoms with E-state index in [1.54, 1.807) is 29.3 Å². The van der Waals surface area contributed by atoms with Gasteiger partial charge in [0.1, 0.15) is 5.69 Å². The lowest BCUT2D eigenvalue weighted by atomic mass is 9.87. The molecule has 12 unspecified atom stereocenters. The molecule has 12 N–H and O–H groups in total. The fourth-order valence-electron chi connectivity index (χ4n) is 19.3. The molecule has 0 spiro atoms. The third-order valence-corrected chi connectivity index (χ3v) is 23.2. The zero-order valence-electron chi connectivity index (χ0n) is 51.5. The van der Waals surface area contributed by atoms with Crippen LogP contribution in [0.25, 0.3) is 0 Å². The number of nitrogens with zero attached hydrogens (tertiary/aromatic N) is 4. The van der Waals surface area contributed by atoms with Crippen LogP contribution in [0.5, 0.6) is 0 Å². The Morgan fingerprint density at radius 2 is 0.600 bits per heavy atom. The molecule has 12 aliphatic carbocycles. The first-order valence-corrected chi connectivity index (χ1v) is 33.4. The summed E-state index contributed by atoms with van der Waals surface area (Å²) in [5.74, 6) is 7.60. The number of hydrogen-bond acceptors (Lipinski definition) is 14. The summed E-state index contributed by atoms with van der Waals surface area (Å²) in [6.45, 7) is 0. The number of non-ortho nitro benzene ring substituents is 2. The van der Waals surface area contributed by atoms with Gasteiger partial charge in [-0.25, -0.2) is 0 Å². The summed E-state index contributed by atoms with van der Waals surface area (Å²) in [5, 5.41) is 43.5. The molecule has 0 heterocycles. The van der Waals surface area contributed by atoms with Gasteiger partial charge in [-0.05, 0) is 290 Å². The highest BCUT2D eigenvalue weighted by atomic mass is 16.6. The van der Waals surface area contributed by atoms with E-state index in [2.05, 4.69) is 36.4 Å². The number of nitro benzene ring substituents is 4. The zero-order chi connectivity index (χ0) is 62.8. The summed E-state index contributed by atoms with van der Waals surface area (Å²) in [4.78, 5) is 41.8. The minimum atomic E-state index is -0.546. The van der Waals surface area contributed by atoms with Crippen molar-refractivity contribution in [3.8, 4) is 0 Å². The van der Waals surface area contributed by atoms with E-state index < -0.39 is 9.85 Å². The van der Waals surface area contributed by atoms with E-state index in [0.717, 1.165) is 113 Å². The SMILES string of the molecule is Nc1cc(N)c2c(c1)C1CCCC2C1.Nc1cc2c(cc1N)C1CCCC2C1.Nc1cc2c(cc1[N+](=O)[O-])C1CCCC2C1.Nc1ccc2c(c1)C1CCCC2C1.O=[N+]([O-])c1cc2c(c([N+](=O)[O-])c1)C1CCCC2C1.O=[N+]([O-])c1ccc2c(c1)C1CCCC2C1. The average molecular weight is 1220 g/mol. The summed E-state index contributed by atoms with van der Waals surface area (Å²) in [7, 11) is 0. The monoisotopic (exact) mass is 1220 g/mol. The first-order valence-electron chi connectivity index (χ1n) is 33.4. The van der Waals surface area contributed by atoms with Crippen LogP contribution in [0.1, 0.15) is 292 Å². The molecule has 6 saturated carbocycles. The maximum atomic E-state index is 11.1.